The quantitative estimate of drug-likeness (QED) is 0.0917. The van der Waals surface area contributed by atoms with E-state index in [1.54, 1.807) is 13.0 Å². The van der Waals surface area contributed by atoms with E-state index in [4.69, 9.17) is 26.1 Å². The smallest absolute Gasteiger partial charge is 0.323 e. The number of carbonyl (C=O) groups is 3. The maximum Gasteiger partial charge on any atom is 0.323 e. The Morgan fingerprint density at radius 2 is 1.75 bits per heavy atom. The Morgan fingerprint density at radius 1 is 1.00 bits per heavy atom. The number of hydrogen-bond donors (Lipinski definition) is 4. The zero-order valence-corrected chi connectivity index (χ0v) is 35.7. The number of carboxylic acids is 2. The van der Waals surface area contributed by atoms with Gasteiger partial charge < -0.3 is 29.6 Å². The summed E-state index contributed by atoms with van der Waals surface area (Å²) < 4.78 is 30.1. The minimum atomic E-state index is -1.05. The lowest BCUT2D eigenvalue weighted by molar-refractivity contribution is -0.148. The highest BCUT2D eigenvalue weighted by Crippen LogP contribution is 2.63. The fourth-order valence-electron chi connectivity index (χ4n) is 10.7. The molecule has 1 aromatic heterocycles. The van der Waals surface area contributed by atoms with Crippen LogP contribution in [0.15, 0.2) is 42.5 Å². The van der Waals surface area contributed by atoms with Gasteiger partial charge in [-0.05, 0) is 124 Å². The topological polar surface area (TPSA) is 155 Å². The molecule has 9 rings (SSSR count). The van der Waals surface area contributed by atoms with E-state index in [9.17, 15) is 24.6 Å². The third kappa shape index (κ3) is 7.35. The first-order valence-corrected chi connectivity index (χ1v) is 22.0. The van der Waals surface area contributed by atoms with Crippen LogP contribution in [-0.4, -0.2) is 67.7 Å². The van der Waals surface area contributed by atoms with E-state index in [1.165, 1.54) is 0 Å². The molecule has 0 spiro atoms. The van der Waals surface area contributed by atoms with Crippen LogP contribution in [0.4, 0.5) is 10.1 Å². The van der Waals surface area contributed by atoms with Crippen molar-refractivity contribution >= 4 is 35.1 Å². The Labute approximate surface area is 359 Å². The number of anilines is 1. The van der Waals surface area contributed by atoms with Gasteiger partial charge in [0.1, 0.15) is 28.2 Å². The van der Waals surface area contributed by atoms with E-state index in [0.717, 1.165) is 97.2 Å². The van der Waals surface area contributed by atoms with Crippen molar-refractivity contribution < 1.29 is 38.5 Å². The summed E-state index contributed by atoms with van der Waals surface area (Å²) >= 11 is 6.60. The van der Waals surface area contributed by atoms with Crippen molar-refractivity contribution in [2.45, 2.75) is 109 Å². The first-order valence-electron chi connectivity index (χ1n) is 21.6. The summed E-state index contributed by atoms with van der Waals surface area (Å²) in [7, 11) is 1.91. The van der Waals surface area contributed by atoms with Crippen molar-refractivity contribution in [3.63, 3.8) is 0 Å². The predicted molar refractivity (Wildman–Crippen MR) is 228 cm³/mol. The standard InChI is InChI=1S/C47H53ClFN5O7/c1-4-60-37-23-38(39(48)40(49)32(37)24-50-47(18-19-47)44(58)59)61-36-12-11-30-29(8-5-9-31(30)36)28-7-6-10-33(27(28)2)52-42(55)41-51-34-25-54(21-13-35(34)53(41)3)22-20-45-14-16-46(26-45,17-15-45)43(56)57/h5-10,23,36,50H,4,11-22,24-26H2,1-3H3,(H,52,55)(H,56,57)(H,58,59). The molecule has 1 aliphatic heterocycles. The largest absolute Gasteiger partial charge is 0.493 e. The van der Waals surface area contributed by atoms with Crippen molar-refractivity contribution in [2.75, 3.05) is 25.0 Å². The molecule has 12 nitrogen and oxygen atoms in total. The molecular formula is C47H53ClFN5O7. The first kappa shape index (κ1) is 41.4. The van der Waals surface area contributed by atoms with Gasteiger partial charge in [0, 0.05) is 56.1 Å². The number of aliphatic carboxylic acids is 2. The minimum Gasteiger partial charge on any atom is -0.493 e. The number of nitrogens with one attached hydrogen (secondary N) is 2. The Kier molecular flexibility index (Phi) is 10.7. The molecule has 3 aromatic carbocycles. The van der Waals surface area contributed by atoms with E-state index in [-0.39, 0.29) is 46.6 Å². The number of imidazole rings is 1. The second-order valence-electron chi connectivity index (χ2n) is 18.0. The second kappa shape index (κ2) is 15.7. The molecule has 5 aliphatic rings. The molecule has 1 unspecified atom stereocenters. The number of aromatic nitrogens is 2. The first-order chi connectivity index (χ1) is 29.3. The summed E-state index contributed by atoms with van der Waals surface area (Å²) in [6.45, 7) is 6.46. The Morgan fingerprint density at radius 3 is 2.46 bits per heavy atom. The number of hydrogen-bond acceptors (Lipinski definition) is 8. The fourth-order valence-corrected chi connectivity index (χ4v) is 10.9. The second-order valence-corrected chi connectivity index (χ2v) is 18.4. The van der Waals surface area contributed by atoms with Crippen LogP contribution in [0.2, 0.25) is 5.02 Å². The highest BCUT2D eigenvalue weighted by molar-refractivity contribution is 6.32. The van der Waals surface area contributed by atoms with E-state index in [2.05, 4.69) is 21.6 Å². The minimum absolute atomic E-state index is 0.0503. The van der Waals surface area contributed by atoms with Gasteiger partial charge in [-0.25, -0.2) is 9.37 Å². The molecule has 3 fully saturated rings. The zero-order chi connectivity index (χ0) is 42.8. The van der Waals surface area contributed by atoms with Gasteiger partial charge in [0.2, 0.25) is 0 Å². The number of nitrogens with zero attached hydrogens (tertiary/aromatic N) is 3. The Balaban J connectivity index is 0.886. The Hall–Kier alpha value is -4.98. The molecule has 0 radical (unpaired) electrons. The lowest BCUT2D eigenvalue weighted by Gasteiger charge is -2.32. The van der Waals surface area contributed by atoms with Gasteiger partial charge in [-0.15, -0.1) is 0 Å². The van der Waals surface area contributed by atoms with Gasteiger partial charge in [0.15, 0.2) is 11.6 Å². The van der Waals surface area contributed by atoms with Crippen LogP contribution in [0.1, 0.15) is 115 Å². The average molecular weight is 854 g/mol. The van der Waals surface area contributed by atoms with Crippen LogP contribution < -0.4 is 20.1 Å². The van der Waals surface area contributed by atoms with E-state index in [1.807, 2.05) is 48.9 Å². The van der Waals surface area contributed by atoms with Gasteiger partial charge >= 0.3 is 11.9 Å². The normalized spacial score (nSPS) is 23.4. The van der Waals surface area contributed by atoms with Crippen LogP contribution in [0.5, 0.6) is 11.5 Å². The van der Waals surface area contributed by atoms with Gasteiger partial charge in [-0.1, -0.05) is 41.9 Å². The van der Waals surface area contributed by atoms with Gasteiger partial charge in [0.25, 0.3) is 5.91 Å². The summed E-state index contributed by atoms with van der Waals surface area (Å²) in [6, 6.07) is 13.5. The molecule has 2 bridgehead atoms. The van der Waals surface area contributed by atoms with Crippen molar-refractivity contribution in [1.82, 2.24) is 19.8 Å². The van der Waals surface area contributed by atoms with Crippen LogP contribution in [0, 0.1) is 23.6 Å². The SMILES string of the molecule is CCOc1cc(OC2CCc3c(-c4cccc(NC(=O)c5nc6c(n5C)CCN(CCC57CCC(C(=O)O)(CC5)C7)C6)c4C)cccc32)c(Cl)c(F)c1CNC1(C(=O)O)CC1. The zero-order valence-electron chi connectivity index (χ0n) is 35.0. The molecule has 4 aliphatic carbocycles. The fraction of sp³-hybridized carbons (Fsp3) is 0.489. The maximum atomic E-state index is 15.9. The molecule has 322 valence electrons. The van der Waals surface area contributed by atoms with Crippen molar-refractivity contribution in [3.8, 4) is 22.6 Å². The molecular weight excluding hydrogens is 801 g/mol. The van der Waals surface area contributed by atoms with Crippen LogP contribution in [-0.2, 0) is 42.6 Å². The predicted octanol–water partition coefficient (Wildman–Crippen LogP) is 8.40. The highest BCUT2D eigenvalue weighted by atomic mass is 35.5. The number of amides is 1. The van der Waals surface area contributed by atoms with Crippen molar-refractivity contribution in [3.05, 3.63) is 92.8 Å². The number of carbonyl (C=O) groups excluding carboxylic acids is 1. The van der Waals surface area contributed by atoms with Gasteiger partial charge in [-0.3, -0.25) is 24.6 Å². The van der Waals surface area contributed by atoms with E-state index < -0.39 is 34.8 Å². The highest BCUT2D eigenvalue weighted by Gasteiger charge is 2.58. The summed E-state index contributed by atoms with van der Waals surface area (Å²) in [5, 5.41) is 25.4. The van der Waals surface area contributed by atoms with Crippen molar-refractivity contribution in [2.24, 2.45) is 17.9 Å². The summed E-state index contributed by atoms with van der Waals surface area (Å²) in [5.41, 5.74) is 6.40. The van der Waals surface area contributed by atoms with Gasteiger partial charge in [-0.2, -0.15) is 0 Å². The summed E-state index contributed by atoms with van der Waals surface area (Å²) in [4.78, 5) is 44.9. The third-order valence-corrected chi connectivity index (χ3v) is 14.9. The molecule has 3 saturated carbocycles. The van der Waals surface area contributed by atoms with Gasteiger partial charge in [0.05, 0.1) is 17.7 Å². The molecule has 2 heterocycles. The van der Waals surface area contributed by atoms with Crippen molar-refractivity contribution in [1.29, 1.82) is 0 Å². The molecule has 1 amide bonds. The number of rotatable bonds is 15. The monoisotopic (exact) mass is 853 g/mol. The number of carboxylic acid groups (broad SMARTS) is 2. The lowest BCUT2D eigenvalue weighted by Crippen LogP contribution is -2.38. The Bertz CT molecular complexity index is 2440. The summed E-state index contributed by atoms with van der Waals surface area (Å²) in [5.74, 6) is -1.79. The number of fused-ring (bicyclic) bond motifs is 4. The molecule has 1 atom stereocenters. The van der Waals surface area contributed by atoms with Crippen LogP contribution >= 0.6 is 11.6 Å². The van der Waals surface area contributed by atoms with E-state index >= 15 is 4.39 Å². The molecule has 61 heavy (non-hydrogen) atoms. The lowest BCUT2D eigenvalue weighted by atomic mass is 9.80. The number of ether oxygens (including phenoxy) is 2. The molecule has 4 aromatic rings. The average Bonchev–Trinajstić information content (AvgIpc) is 3.48. The summed E-state index contributed by atoms with van der Waals surface area (Å²) in [6.07, 6.45) is 8.07. The maximum absolute atomic E-state index is 15.9. The van der Waals surface area contributed by atoms with Crippen LogP contribution in [0.25, 0.3) is 11.1 Å². The van der Waals surface area contributed by atoms with E-state index in [0.29, 0.717) is 43.7 Å². The number of benzene rings is 3. The number of halogens is 2. The molecule has 0 saturated heterocycles. The third-order valence-electron chi connectivity index (χ3n) is 14.6. The molecule has 4 N–H and O–H groups in total. The molecule has 14 heteroatoms. The van der Waals surface area contributed by atoms with Crippen LogP contribution in [0.3, 0.4) is 0 Å².